The van der Waals surface area contributed by atoms with Gasteiger partial charge in [-0.2, -0.15) is 9.29 Å². The van der Waals surface area contributed by atoms with Crippen LogP contribution in [0.1, 0.15) is 0 Å². The average molecular weight is 272 g/mol. The van der Waals surface area contributed by atoms with Crippen LogP contribution in [0.4, 0.5) is 11.8 Å². The third-order valence-electron chi connectivity index (χ3n) is 2.80. The van der Waals surface area contributed by atoms with E-state index in [1.165, 1.54) is 10.6 Å². The lowest BCUT2D eigenvalue weighted by Gasteiger charge is -2.33. The van der Waals surface area contributed by atoms with Crippen LogP contribution in [0.3, 0.4) is 0 Å². The second-order valence-corrected chi connectivity index (χ2v) is 6.01. The average Bonchev–Trinajstić information content (AvgIpc) is 2.38. The van der Waals surface area contributed by atoms with Gasteiger partial charge >= 0.3 is 0 Å². The van der Waals surface area contributed by atoms with Crippen LogP contribution in [0.25, 0.3) is 0 Å². The van der Waals surface area contributed by atoms with Crippen LogP contribution in [-0.4, -0.2) is 55.1 Å². The summed E-state index contributed by atoms with van der Waals surface area (Å²) in [7, 11) is -3.10. The van der Waals surface area contributed by atoms with Gasteiger partial charge in [0.05, 0.1) is 6.26 Å². The van der Waals surface area contributed by atoms with Crippen molar-refractivity contribution < 1.29 is 8.42 Å². The maximum absolute atomic E-state index is 11.4. The Morgan fingerprint density at radius 3 is 2.56 bits per heavy atom. The van der Waals surface area contributed by atoms with E-state index < -0.39 is 10.0 Å². The van der Waals surface area contributed by atoms with Gasteiger partial charge in [0.25, 0.3) is 0 Å². The van der Waals surface area contributed by atoms with Crippen molar-refractivity contribution in [3.63, 3.8) is 0 Å². The van der Waals surface area contributed by atoms with Crippen LogP contribution in [-0.2, 0) is 10.0 Å². The summed E-state index contributed by atoms with van der Waals surface area (Å²) in [5, 5.41) is 0. The van der Waals surface area contributed by atoms with Crippen molar-refractivity contribution in [2.45, 2.75) is 0 Å². The Balaban J connectivity index is 2.05. The fourth-order valence-corrected chi connectivity index (χ4v) is 2.67. The molecule has 0 unspecified atom stereocenters. The molecule has 0 atom stereocenters. The quantitative estimate of drug-likeness (QED) is 0.528. The first-order chi connectivity index (χ1) is 8.50. The number of anilines is 2. The van der Waals surface area contributed by atoms with Crippen molar-refractivity contribution in [3.8, 4) is 0 Å². The van der Waals surface area contributed by atoms with E-state index in [0.29, 0.717) is 32.1 Å². The first-order valence-electron chi connectivity index (χ1n) is 5.50. The van der Waals surface area contributed by atoms with Gasteiger partial charge in [0.15, 0.2) is 0 Å². The van der Waals surface area contributed by atoms with Crippen LogP contribution in [0.15, 0.2) is 12.3 Å². The van der Waals surface area contributed by atoms with Crippen molar-refractivity contribution >= 4 is 21.8 Å². The monoisotopic (exact) mass is 272 g/mol. The van der Waals surface area contributed by atoms with E-state index >= 15 is 0 Å². The summed E-state index contributed by atoms with van der Waals surface area (Å²) >= 11 is 0. The van der Waals surface area contributed by atoms with Gasteiger partial charge in [0, 0.05) is 32.4 Å². The molecule has 0 amide bonds. The van der Waals surface area contributed by atoms with Crippen LogP contribution in [0, 0.1) is 0 Å². The Kier molecular flexibility index (Phi) is 3.64. The van der Waals surface area contributed by atoms with Crippen LogP contribution in [0.2, 0.25) is 0 Å². The molecule has 3 N–H and O–H groups in total. The first-order valence-corrected chi connectivity index (χ1v) is 7.35. The highest BCUT2D eigenvalue weighted by molar-refractivity contribution is 7.88. The maximum atomic E-state index is 11.4. The molecule has 2 rings (SSSR count). The lowest BCUT2D eigenvalue weighted by molar-refractivity contribution is 0.387. The molecule has 100 valence electrons. The second kappa shape index (κ2) is 5.04. The summed E-state index contributed by atoms with van der Waals surface area (Å²) in [6.45, 7) is 2.14. The Labute approximate surface area is 106 Å². The van der Waals surface area contributed by atoms with Gasteiger partial charge in [-0.3, -0.25) is 5.43 Å². The third kappa shape index (κ3) is 2.86. The summed E-state index contributed by atoms with van der Waals surface area (Å²) < 4.78 is 24.2. The Bertz CT molecular complexity index is 512. The first kappa shape index (κ1) is 13.0. The van der Waals surface area contributed by atoms with Crippen molar-refractivity contribution in [1.29, 1.82) is 0 Å². The number of hydrazine groups is 1. The normalized spacial score (nSPS) is 17.8. The molecule has 0 aromatic carbocycles. The molecule has 0 bridgehead atoms. The summed E-state index contributed by atoms with van der Waals surface area (Å²) in [5.74, 6) is 6.33. The van der Waals surface area contributed by atoms with Gasteiger partial charge in [-0.15, -0.1) is 0 Å². The van der Waals surface area contributed by atoms with Crippen molar-refractivity contribution in [3.05, 3.63) is 12.3 Å². The summed E-state index contributed by atoms with van der Waals surface area (Å²) in [5.41, 5.74) is 2.38. The largest absolute Gasteiger partial charge is 0.354 e. The van der Waals surface area contributed by atoms with Crippen molar-refractivity contribution in [1.82, 2.24) is 14.3 Å². The van der Waals surface area contributed by atoms with Gasteiger partial charge in [-0.1, -0.05) is 0 Å². The molecule has 9 heteroatoms. The number of sulfonamides is 1. The number of piperazine rings is 1. The number of nitrogens with one attached hydrogen (secondary N) is 1. The number of nitrogen functional groups attached to an aromatic ring is 1. The SMILES string of the molecule is CS(=O)(=O)N1CCN(c2ccnc(NN)n2)CC1. The number of nitrogens with two attached hydrogens (primary N) is 1. The Morgan fingerprint density at radius 2 is 2.00 bits per heavy atom. The smallest absolute Gasteiger partial charge is 0.239 e. The number of rotatable bonds is 3. The molecule has 1 aromatic rings. The standard InChI is InChI=1S/C9H16N6O2S/c1-18(16,17)15-6-4-14(5-7-15)8-2-3-11-9(12-8)13-10/h2-3H,4-7,10H2,1H3,(H,11,12,13). The summed E-state index contributed by atoms with van der Waals surface area (Å²) in [4.78, 5) is 10.1. The van der Waals surface area contributed by atoms with E-state index in [1.807, 2.05) is 4.90 Å². The molecule has 0 radical (unpaired) electrons. The van der Waals surface area contributed by atoms with Gasteiger partial charge in [0.1, 0.15) is 5.82 Å². The molecule has 1 fully saturated rings. The van der Waals surface area contributed by atoms with Gasteiger partial charge in [0.2, 0.25) is 16.0 Å². The van der Waals surface area contributed by atoms with E-state index in [0.717, 1.165) is 5.82 Å². The van der Waals surface area contributed by atoms with E-state index in [2.05, 4.69) is 15.4 Å². The topological polar surface area (TPSA) is 104 Å². The zero-order valence-electron chi connectivity index (χ0n) is 10.1. The highest BCUT2D eigenvalue weighted by Gasteiger charge is 2.24. The number of aromatic nitrogens is 2. The Hall–Kier alpha value is -1.45. The predicted molar refractivity (Wildman–Crippen MR) is 68.5 cm³/mol. The molecule has 1 aliphatic rings. The van der Waals surface area contributed by atoms with Gasteiger partial charge < -0.3 is 4.90 Å². The van der Waals surface area contributed by atoms with E-state index in [4.69, 9.17) is 5.84 Å². The maximum Gasteiger partial charge on any atom is 0.239 e. The van der Waals surface area contributed by atoms with Crippen LogP contribution < -0.4 is 16.2 Å². The molecule has 8 nitrogen and oxygen atoms in total. The predicted octanol–water partition coefficient (Wildman–Crippen LogP) is -1.16. The highest BCUT2D eigenvalue weighted by atomic mass is 32.2. The lowest BCUT2D eigenvalue weighted by Crippen LogP contribution is -2.48. The van der Waals surface area contributed by atoms with E-state index in [-0.39, 0.29) is 0 Å². The minimum Gasteiger partial charge on any atom is -0.354 e. The van der Waals surface area contributed by atoms with Gasteiger partial charge in [-0.05, 0) is 6.07 Å². The molecule has 1 aromatic heterocycles. The molecule has 1 aliphatic heterocycles. The van der Waals surface area contributed by atoms with Crippen molar-refractivity contribution in [2.75, 3.05) is 42.8 Å². The van der Waals surface area contributed by atoms with Gasteiger partial charge in [-0.25, -0.2) is 19.2 Å². The Morgan fingerprint density at radius 1 is 1.33 bits per heavy atom. The van der Waals surface area contributed by atoms with Crippen molar-refractivity contribution in [2.24, 2.45) is 5.84 Å². The molecule has 18 heavy (non-hydrogen) atoms. The fraction of sp³-hybridized carbons (Fsp3) is 0.556. The molecule has 0 spiro atoms. The highest BCUT2D eigenvalue weighted by Crippen LogP contribution is 2.15. The van der Waals surface area contributed by atoms with Crippen LogP contribution >= 0.6 is 0 Å². The van der Waals surface area contributed by atoms with E-state index in [1.54, 1.807) is 12.3 Å². The number of nitrogens with zero attached hydrogens (tertiary/aromatic N) is 4. The zero-order chi connectivity index (χ0) is 13.2. The fourth-order valence-electron chi connectivity index (χ4n) is 1.84. The van der Waals surface area contributed by atoms with E-state index in [9.17, 15) is 8.42 Å². The second-order valence-electron chi connectivity index (χ2n) is 4.03. The molecule has 2 heterocycles. The molecule has 0 saturated carbocycles. The number of hydrogen-bond donors (Lipinski definition) is 2. The summed E-state index contributed by atoms with van der Waals surface area (Å²) in [6, 6.07) is 1.77. The molecular formula is C9H16N6O2S. The third-order valence-corrected chi connectivity index (χ3v) is 4.10. The molecule has 1 saturated heterocycles. The van der Waals surface area contributed by atoms with Crippen LogP contribution in [0.5, 0.6) is 0 Å². The lowest BCUT2D eigenvalue weighted by atomic mass is 10.3. The zero-order valence-corrected chi connectivity index (χ0v) is 10.9. The minimum atomic E-state index is -3.10. The summed E-state index contributed by atoms with van der Waals surface area (Å²) in [6.07, 6.45) is 2.84. The number of hydrogen-bond acceptors (Lipinski definition) is 7. The minimum absolute atomic E-state index is 0.345. The molecule has 0 aliphatic carbocycles. The molecular weight excluding hydrogens is 256 g/mol.